The van der Waals surface area contributed by atoms with Gasteiger partial charge in [0.1, 0.15) is 11.9 Å². The van der Waals surface area contributed by atoms with Crippen molar-refractivity contribution in [2.45, 2.75) is 13.0 Å². The monoisotopic (exact) mass is 453 g/mol. The minimum atomic E-state index is -0.277. The van der Waals surface area contributed by atoms with E-state index in [9.17, 15) is 4.79 Å². The second kappa shape index (κ2) is 9.98. The molecule has 1 fully saturated rings. The molecule has 1 saturated heterocycles. The first-order valence-electron chi connectivity index (χ1n) is 11.5. The van der Waals surface area contributed by atoms with Gasteiger partial charge in [0.2, 0.25) is 5.91 Å². The maximum atomic E-state index is 12.7. The highest BCUT2D eigenvalue weighted by molar-refractivity contribution is 5.96. The average molecular weight is 454 g/mol. The van der Waals surface area contributed by atoms with Crippen molar-refractivity contribution < 1.29 is 18.7 Å². The number of benzene rings is 3. The third-order valence-electron chi connectivity index (χ3n) is 6.01. The number of hydrogen-bond donors (Lipinski definition) is 0. The predicted molar refractivity (Wildman–Crippen MR) is 133 cm³/mol. The Kier molecular flexibility index (Phi) is 6.45. The van der Waals surface area contributed by atoms with Crippen molar-refractivity contribution in [1.29, 1.82) is 0 Å². The molecule has 1 amide bonds. The van der Waals surface area contributed by atoms with Gasteiger partial charge in [0, 0.05) is 24.6 Å². The molecule has 0 unspecified atom stereocenters. The Morgan fingerprint density at radius 1 is 0.912 bits per heavy atom. The lowest BCUT2D eigenvalue weighted by Gasteiger charge is -2.25. The van der Waals surface area contributed by atoms with Gasteiger partial charge in [-0.05, 0) is 35.8 Å². The molecule has 5 rings (SSSR count). The summed E-state index contributed by atoms with van der Waals surface area (Å²) in [4.78, 5) is 14.5. The van der Waals surface area contributed by atoms with Gasteiger partial charge in [-0.15, -0.1) is 0 Å². The Morgan fingerprint density at radius 2 is 1.56 bits per heavy atom. The summed E-state index contributed by atoms with van der Waals surface area (Å²) < 4.78 is 18.1. The van der Waals surface area contributed by atoms with E-state index in [1.165, 1.54) is 0 Å². The molecule has 0 bridgehead atoms. The van der Waals surface area contributed by atoms with Gasteiger partial charge in [0.15, 0.2) is 11.3 Å². The molecule has 0 spiro atoms. The Bertz CT molecular complexity index is 1250. The van der Waals surface area contributed by atoms with E-state index < -0.39 is 0 Å². The van der Waals surface area contributed by atoms with Crippen LogP contribution in [0, 0.1) is 0 Å². The molecule has 0 radical (unpaired) electrons. The minimum Gasteiger partial charge on any atom is -0.477 e. The van der Waals surface area contributed by atoms with Gasteiger partial charge >= 0.3 is 0 Å². The fourth-order valence-corrected chi connectivity index (χ4v) is 4.17. The summed E-state index contributed by atoms with van der Waals surface area (Å²) in [5, 5.41) is 0.930. The average Bonchev–Trinajstić information content (AvgIpc) is 3.34. The van der Waals surface area contributed by atoms with Crippen LogP contribution >= 0.6 is 0 Å². The number of allylic oxidation sites excluding steroid dienone is 1. The van der Waals surface area contributed by atoms with Gasteiger partial charge in [0.25, 0.3) is 0 Å². The maximum absolute atomic E-state index is 12.7. The van der Waals surface area contributed by atoms with Gasteiger partial charge in [-0.3, -0.25) is 4.79 Å². The number of furan rings is 1. The van der Waals surface area contributed by atoms with Gasteiger partial charge < -0.3 is 18.8 Å². The summed E-state index contributed by atoms with van der Waals surface area (Å²) in [6, 6.07) is 28.1. The van der Waals surface area contributed by atoms with Gasteiger partial charge in [-0.25, -0.2) is 0 Å². The van der Waals surface area contributed by atoms with Crippen molar-refractivity contribution in [2.24, 2.45) is 0 Å². The molecule has 0 N–H and O–H groups in total. The third kappa shape index (κ3) is 4.75. The molecular weight excluding hydrogens is 426 g/mol. The number of morpholine rings is 1. The van der Waals surface area contributed by atoms with Gasteiger partial charge in [-0.2, -0.15) is 0 Å². The van der Waals surface area contributed by atoms with Crippen molar-refractivity contribution in [3.8, 4) is 5.75 Å². The van der Waals surface area contributed by atoms with E-state index in [2.05, 4.69) is 24.3 Å². The summed E-state index contributed by atoms with van der Waals surface area (Å²) in [7, 11) is 0. The van der Waals surface area contributed by atoms with E-state index in [4.69, 9.17) is 13.9 Å². The Hall–Kier alpha value is -3.83. The first kappa shape index (κ1) is 22.0. The number of rotatable bonds is 6. The summed E-state index contributed by atoms with van der Waals surface area (Å²) in [5.41, 5.74) is 3.57. The number of para-hydroxylation sites is 1. The van der Waals surface area contributed by atoms with Crippen LogP contribution in [-0.2, 0) is 9.53 Å². The van der Waals surface area contributed by atoms with Crippen molar-refractivity contribution in [3.05, 3.63) is 108 Å². The maximum Gasteiger partial charge on any atom is 0.247 e. The number of carbonyl (C=O) groups excluding carboxylic acids is 1. The Labute approximate surface area is 199 Å². The molecule has 2 heterocycles. The lowest BCUT2D eigenvalue weighted by Crippen LogP contribution is -2.39. The van der Waals surface area contributed by atoms with Crippen LogP contribution in [0.2, 0.25) is 0 Å². The molecule has 0 saturated carbocycles. The fourth-order valence-electron chi connectivity index (χ4n) is 4.17. The summed E-state index contributed by atoms with van der Waals surface area (Å²) in [5.74, 6) is 1.29. The van der Waals surface area contributed by atoms with Crippen molar-refractivity contribution in [1.82, 2.24) is 4.90 Å². The van der Waals surface area contributed by atoms with Crippen LogP contribution in [0.3, 0.4) is 0 Å². The fraction of sp³-hybridized carbons (Fsp3) is 0.207. The molecule has 1 aromatic heterocycles. The van der Waals surface area contributed by atoms with Crippen LogP contribution in [-0.4, -0.2) is 37.1 Å². The lowest BCUT2D eigenvalue weighted by molar-refractivity contribution is -0.129. The van der Waals surface area contributed by atoms with Crippen LogP contribution in [0.4, 0.5) is 0 Å². The molecule has 34 heavy (non-hydrogen) atoms. The Morgan fingerprint density at radius 3 is 2.21 bits per heavy atom. The molecular formula is C29H27NO4. The van der Waals surface area contributed by atoms with E-state index in [-0.39, 0.29) is 12.0 Å². The number of amides is 1. The molecule has 172 valence electrons. The summed E-state index contributed by atoms with van der Waals surface area (Å²) >= 11 is 0. The first-order chi connectivity index (χ1) is 16.7. The SMILES string of the molecule is CC(=CC(=O)N1CCOCC1)c1cc2cccc(OC(c3ccccc3)c3ccccc3)c2o1. The predicted octanol–water partition coefficient (Wildman–Crippen LogP) is 5.86. The molecule has 0 atom stereocenters. The molecule has 3 aromatic carbocycles. The summed E-state index contributed by atoms with van der Waals surface area (Å²) in [6.07, 6.45) is 1.36. The van der Waals surface area contributed by atoms with Crippen LogP contribution < -0.4 is 4.74 Å². The van der Waals surface area contributed by atoms with Crippen molar-refractivity contribution >= 4 is 22.4 Å². The van der Waals surface area contributed by atoms with Gasteiger partial charge in [-0.1, -0.05) is 72.8 Å². The van der Waals surface area contributed by atoms with Crippen LogP contribution in [0.5, 0.6) is 5.75 Å². The zero-order valence-electron chi connectivity index (χ0n) is 19.1. The topological polar surface area (TPSA) is 51.9 Å². The second-order valence-corrected chi connectivity index (χ2v) is 8.37. The lowest BCUT2D eigenvalue weighted by atomic mass is 10.0. The molecule has 1 aliphatic rings. The molecule has 5 heteroatoms. The normalized spacial score (nSPS) is 14.5. The number of fused-ring (bicyclic) bond motifs is 1. The molecule has 1 aliphatic heterocycles. The second-order valence-electron chi connectivity index (χ2n) is 8.37. The quantitative estimate of drug-likeness (QED) is 0.343. The zero-order chi connectivity index (χ0) is 23.3. The largest absolute Gasteiger partial charge is 0.477 e. The van der Waals surface area contributed by atoms with Crippen LogP contribution in [0.25, 0.3) is 16.5 Å². The number of ether oxygens (including phenoxy) is 2. The highest BCUT2D eigenvalue weighted by Crippen LogP contribution is 2.36. The van der Waals surface area contributed by atoms with Crippen molar-refractivity contribution in [3.63, 3.8) is 0 Å². The first-order valence-corrected chi connectivity index (χ1v) is 11.5. The number of carbonyl (C=O) groups is 1. The molecule has 5 nitrogen and oxygen atoms in total. The van der Waals surface area contributed by atoms with E-state index >= 15 is 0 Å². The van der Waals surface area contributed by atoms with E-state index in [0.29, 0.717) is 43.4 Å². The number of hydrogen-bond acceptors (Lipinski definition) is 4. The molecule has 0 aliphatic carbocycles. The van der Waals surface area contributed by atoms with Crippen LogP contribution in [0.1, 0.15) is 29.9 Å². The number of nitrogens with zero attached hydrogens (tertiary/aromatic N) is 1. The van der Waals surface area contributed by atoms with Crippen molar-refractivity contribution in [2.75, 3.05) is 26.3 Å². The minimum absolute atomic E-state index is 0.0223. The highest BCUT2D eigenvalue weighted by Gasteiger charge is 2.20. The highest BCUT2D eigenvalue weighted by atomic mass is 16.5. The van der Waals surface area contributed by atoms with Gasteiger partial charge in [0.05, 0.1) is 13.2 Å². The summed E-state index contributed by atoms with van der Waals surface area (Å²) in [6.45, 7) is 4.28. The smallest absolute Gasteiger partial charge is 0.247 e. The van der Waals surface area contributed by atoms with Crippen LogP contribution in [0.15, 0.2) is 95.4 Å². The van der Waals surface area contributed by atoms with E-state index in [1.807, 2.05) is 67.6 Å². The van der Waals surface area contributed by atoms with E-state index in [1.54, 1.807) is 11.0 Å². The Balaban J connectivity index is 1.46. The molecule has 4 aromatic rings. The zero-order valence-corrected chi connectivity index (χ0v) is 19.1. The van der Waals surface area contributed by atoms with E-state index in [0.717, 1.165) is 22.1 Å². The standard InChI is InChI=1S/C29H27NO4/c1-21(19-27(31)30-15-17-32-18-16-30)26-20-24-13-8-14-25(29(24)34-26)33-28(22-9-4-2-5-10-22)23-11-6-3-7-12-23/h2-14,19-20,28H,15-18H2,1H3. The third-order valence-corrected chi connectivity index (χ3v) is 6.01.